The topological polar surface area (TPSA) is 145 Å². The number of benzene rings is 1. The highest BCUT2D eigenvalue weighted by molar-refractivity contribution is 7.92. The van der Waals surface area contributed by atoms with E-state index in [1.165, 1.54) is 20.0 Å². The average Bonchev–Trinajstić information content (AvgIpc) is 3.42. The molecule has 0 saturated heterocycles. The highest BCUT2D eigenvalue weighted by atomic mass is 32.2. The van der Waals surface area contributed by atoms with Gasteiger partial charge >= 0.3 is 0 Å². The number of fused-ring (bicyclic) bond motifs is 1. The molecule has 166 valence electrons. The van der Waals surface area contributed by atoms with Gasteiger partial charge in [-0.2, -0.15) is 4.98 Å². The Morgan fingerprint density at radius 1 is 1.22 bits per heavy atom. The molecule has 0 saturated carbocycles. The first-order valence-electron chi connectivity index (χ1n) is 9.85. The van der Waals surface area contributed by atoms with Crippen LogP contribution in [0.5, 0.6) is 0 Å². The maximum absolute atomic E-state index is 12.9. The Bertz CT molecular complexity index is 1410. The van der Waals surface area contributed by atoms with E-state index in [-0.39, 0.29) is 17.6 Å². The van der Waals surface area contributed by atoms with E-state index in [9.17, 15) is 13.2 Å². The number of nitrogens with two attached hydrogens (primary N) is 1. The summed E-state index contributed by atoms with van der Waals surface area (Å²) in [5.74, 6) is -0.354. The fourth-order valence-electron chi connectivity index (χ4n) is 3.08. The van der Waals surface area contributed by atoms with Crippen LogP contribution < -0.4 is 11.1 Å². The number of rotatable bonds is 6. The molecule has 4 rings (SSSR count). The van der Waals surface area contributed by atoms with Crippen LogP contribution in [0.2, 0.25) is 0 Å². The van der Waals surface area contributed by atoms with E-state index >= 15 is 0 Å². The molecule has 1 amide bonds. The van der Waals surface area contributed by atoms with Gasteiger partial charge in [0.1, 0.15) is 11.3 Å². The maximum atomic E-state index is 12.9. The summed E-state index contributed by atoms with van der Waals surface area (Å²) < 4.78 is 31.4. The highest BCUT2D eigenvalue weighted by Gasteiger charge is 2.31. The second-order valence-corrected chi connectivity index (χ2v) is 10.2. The molecule has 3 heterocycles. The minimum Gasteiger partial charge on any atom is -0.336 e. The van der Waals surface area contributed by atoms with Crippen LogP contribution in [0.4, 0.5) is 5.69 Å². The van der Waals surface area contributed by atoms with Crippen LogP contribution in [0.1, 0.15) is 41.2 Å². The Balaban J connectivity index is 1.61. The van der Waals surface area contributed by atoms with Crippen LogP contribution in [-0.4, -0.2) is 39.1 Å². The summed E-state index contributed by atoms with van der Waals surface area (Å²) in [4.78, 5) is 21.2. The van der Waals surface area contributed by atoms with Crippen LogP contribution in [-0.2, 0) is 9.84 Å². The number of aromatic nitrogens is 4. The quantitative estimate of drug-likeness (QED) is 0.452. The lowest BCUT2D eigenvalue weighted by atomic mass is 10.1. The normalized spacial score (nSPS) is 12.9. The van der Waals surface area contributed by atoms with Crippen molar-refractivity contribution in [1.29, 1.82) is 0 Å². The third-order valence-corrected chi connectivity index (χ3v) is 7.31. The zero-order valence-electron chi connectivity index (χ0n) is 17.7. The largest absolute Gasteiger partial charge is 0.336 e. The molecule has 3 N–H and O–H groups in total. The second kappa shape index (κ2) is 8.17. The van der Waals surface area contributed by atoms with Crippen molar-refractivity contribution in [3.05, 3.63) is 65.9 Å². The number of hydrogen-bond acceptors (Lipinski definition) is 8. The molecule has 1 atom stereocenters. The predicted molar refractivity (Wildman–Crippen MR) is 119 cm³/mol. The first-order valence-corrected chi connectivity index (χ1v) is 11.5. The van der Waals surface area contributed by atoms with Crippen LogP contribution in [0.3, 0.4) is 0 Å². The SMILES string of the molecule is Cc1ccc(-c2noc(C(N)S(=O)(=O)C(C)C)n2)cc1NC(=O)c1cnc2ccccn12. The maximum Gasteiger partial charge on any atom is 0.274 e. The summed E-state index contributed by atoms with van der Waals surface area (Å²) in [7, 11) is -3.66. The van der Waals surface area contributed by atoms with E-state index in [1.807, 2.05) is 19.1 Å². The van der Waals surface area contributed by atoms with Crippen LogP contribution in [0.15, 0.2) is 53.3 Å². The molecule has 10 nitrogen and oxygen atoms in total. The van der Waals surface area contributed by atoms with Gasteiger partial charge in [-0.3, -0.25) is 9.20 Å². The third-order valence-electron chi connectivity index (χ3n) is 5.09. The molecule has 11 heteroatoms. The summed E-state index contributed by atoms with van der Waals surface area (Å²) in [6.45, 7) is 4.91. The van der Waals surface area contributed by atoms with E-state index in [2.05, 4.69) is 20.4 Å². The standard InChI is InChI=1S/C21H22N6O4S/c1-12(2)32(29,30)18(22)21-25-19(26-31-21)14-8-7-13(3)15(10-14)24-20(28)16-11-23-17-6-4-5-9-27(16)17/h4-12,18H,22H2,1-3H3,(H,24,28). The molecule has 1 aromatic carbocycles. The number of imidazole rings is 1. The molecule has 0 bridgehead atoms. The van der Waals surface area contributed by atoms with Crippen molar-refractivity contribution in [2.75, 3.05) is 5.32 Å². The van der Waals surface area contributed by atoms with E-state index in [0.717, 1.165) is 5.56 Å². The smallest absolute Gasteiger partial charge is 0.274 e. The van der Waals surface area contributed by atoms with Gasteiger partial charge in [0.05, 0.1) is 11.4 Å². The number of carbonyl (C=O) groups is 1. The van der Waals surface area contributed by atoms with Crippen molar-refractivity contribution in [1.82, 2.24) is 19.5 Å². The minimum absolute atomic E-state index is 0.166. The molecule has 0 aliphatic heterocycles. The molecule has 32 heavy (non-hydrogen) atoms. The Hall–Kier alpha value is -3.57. The number of nitrogens with one attached hydrogen (secondary N) is 1. The number of nitrogens with zero attached hydrogens (tertiary/aromatic N) is 4. The summed E-state index contributed by atoms with van der Waals surface area (Å²) >= 11 is 0. The molecule has 0 aliphatic rings. The number of hydrogen-bond donors (Lipinski definition) is 2. The fraction of sp³-hybridized carbons (Fsp3) is 0.238. The summed E-state index contributed by atoms with van der Waals surface area (Å²) in [6.07, 6.45) is 3.27. The van der Waals surface area contributed by atoms with Gasteiger partial charge in [-0.25, -0.2) is 13.4 Å². The molecule has 3 aromatic heterocycles. The lowest BCUT2D eigenvalue weighted by Crippen LogP contribution is -2.28. The van der Waals surface area contributed by atoms with E-state index in [0.29, 0.717) is 22.6 Å². The van der Waals surface area contributed by atoms with E-state index in [1.54, 1.807) is 34.9 Å². The van der Waals surface area contributed by atoms with Gasteiger partial charge < -0.3 is 15.6 Å². The summed E-state index contributed by atoms with van der Waals surface area (Å²) in [5.41, 5.74) is 8.78. The van der Waals surface area contributed by atoms with Gasteiger partial charge in [-0.15, -0.1) is 0 Å². The minimum atomic E-state index is -3.66. The summed E-state index contributed by atoms with van der Waals surface area (Å²) in [6, 6.07) is 10.7. The van der Waals surface area contributed by atoms with Crippen LogP contribution in [0, 0.1) is 6.92 Å². The van der Waals surface area contributed by atoms with Crippen molar-refractivity contribution >= 4 is 27.1 Å². The zero-order chi connectivity index (χ0) is 23.0. The summed E-state index contributed by atoms with van der Waals surface area (Å²) in [5, 5.41) is 4.64. The highest BCUT2D eigenvalue weighted by Crippen LogP contribution is 2.26. The van der Waals surface area contributed by atoms with Gasteiger partial charge in [-0.1, -0.05) is 23.4 Å². The Morgan fingerprint density at radius 3 is 2.75 bits per heavy atom. The number of aryl methyl sites for hydroxylation is 1. The van der Waals surface area contributed by atoms with Gasteiger partial charge in [0.2, 0.25) is 5.82 Å². The van der Waals surface area contributed by atoms with Crippen LogP contribution >= 0.6 is 0 Å². The number of anilines is 1. The van der Waals surface area contributed by atoms with Crippen molar-refractivity contribution in [2.45, 2.75) is 31.4 Å². The molecule has 0 fully saturated rings. The van der Waals surface area contributed by atoms with Crippen molar-refractivity contribution in [2.24, 2.45) is 5.73 Å². The first kappa shape index (κ1) is 21.7. The molecule has 4 aromatic rings. The second-order valence-electron chi connectivity index (χ2n) is 7.57. The molecular formula is C21H22N6O4S. The van der Waals surface area contributed by atoms with Crippen molar-refractivity contribution < 1.29 is 17.7 Å². The van der Waals surface area contributed by atoms with E-state index < -0.39 is 20.5 Å². The monoisotopic (exact) mass is 454 g/mol. The van der Waals surface area contributed by atoms with E-state index in [4.69, 9.17) is 10.3 Å². The third kappa shape index (κ3) is 3.87. The average molecular weight is 455 g/mol. The van der Waals surface area contributed by atoms with Gasteiger partial charge in [0.25, 0.3) is 11.8 Å². The Labute approximate surface area is 184 Å². The van der Waals surface area contributed by atoms with Gasteiger partial charge in [0.15, 0.2) is 15.2 Å². The van der Waals surface area contributed by atoms with Gasteiger partial charge in [-0.05, 0) is 44.5 Å². The number of carbonyl (C=O) groups excluding carboxylic acids is 1. The first-order chi connectivity index (χ1) is 15.2. The van der Waals surface area contributed by atoms with Crippen molar-refractivity contribution in [3.63, 3.8) is 0 Å². The lowest BCUT2D eigenvalue weighted by Gasteiger charge is -2.11. The predicted octanol–water partition coefficient (Wildman–Crippen LogP) is 2.73. The van der Waals surface area contributed by atoms with Crippen molar-refractivity contribution in [3.8, 4) is 11.4 Å². The molecular weight excluding hydrogens is 432 g/mol. The number of amides is 1. The molecule has 0 aliphatic carbocycles. The van der Waals surface area contributed by atoms with Crippen LogP contribution in [0.25, 0.3) is 17.0 Å². The Kier molecular flexibility index (Phi) is 5.53. The van der Waals surface area contributed by atoms with Gasteiger partial charge in [0, 0.05) is 17.4 Å². The molecule has 0 radical (unpaired) electrons. The lowest BCUT2D eigenvalue weighted by molar-refractivity contribution is 0.102. The number of pyridine rings is 1. The molecule has 0 spiro atoms. The zero-order valence-corrected chi connectivity index (χ0v) is 18.5. The number of sulfone groups is 1. The molecule has 1 unspecified atom stereocenters. The Morgan fingerprint density at radius 2 is 2.00 bits per heavy atom. The fourth-order valence-corrected chi connectivity index (χ4v) is 4.05.